The number of nitrogens with two attached hydrogens (primary N) is 1. The van der Waals surface area contributed by atoms with Gasteiger partial charge < -0.3 is 15.2 Å². The van der Waals surface area contributed by atoms with Crippen molar-refractivity contribution >= 4 is 11.3 Å². The molecule has 0 radical (unpaired) electrons. The van der Waals surface area contributed by atoms with E-state index in [1.807, 2.05) is 12.1 Å². The molecule has 1 heterocycles. The van der Waals surface area contributed by atoms with E-state index in [0.717, 1.165) is 22.8 Å². The molecule has 0 aliphatic carbocycles. The van der Waals surface area contributed by atoms with Crippen LogP contribution in [0.1, 0.15) is 28.3 Å². The van der Waals surface area contributed by atoms with Crippen LogP contribution in [0.25, 0.3) is 0 Å². The Hall–Kier alpha value is -1.52. The molecule has 0 fully saturated rings. The Balaban J connectivity index is 2.23. The first-order valence-electron chi connectivity index (χ1n) is 6.77. The molecule has 0 amide bonds. The smallest absolute Gasteiger partial charge is 0.162 e. The first kappa shape index (κ1) is 14.9. The molecule has 2 aromatic rings. The third-order valence-electron chi connectivity index (χ3n) is 3.20. The summed E-state index contributed by atoms with van der Waals surface area (Å²) in [5.41, 5.74) is 7.08. The van der Waals surface area contributed by atoms with Crippen molar-refractivity contribution in [3.63, 3.8) is 0 Å². The third kappa shape index (κ3) is 3.32. The predicted octanol–water partition coefficient (Wildman–Crippen LogP) is 3.71. The minimum atomic E-state index is -0.130. The lowest BCUT2D eigenvalue weighted by molar-refractivity contribution is 0.208. The van der Waals surface area contributed by atoms with Gasteiger partial charge in [-0.15, -0.1) is 11.3 Å². The highest BCUT2D eigenvalue weighted by Crippen LogP contribution is 2.33. The largest absolute Gasteiger partial charge is 0.493 e. The lowest BCUT2D eigenvalue weighted by Crippen LogP contribution is -2.17. The molecule has 2 rings (SSSR count). The Bertz CT molecular complexity index is 565. The van der Waals surface area contributed by atoms with E-state index < -0.39 is 0 Å². The Morgan fingerprint density at radius 3 is 2.55 bits per heavy atom. The van der Waals surface area contributed by atoms with Crippen LogP contribution in [0.4, 0.5) is 0 Å². The van der Waals surface area contributed by atoms with Gasteiger partial charge >= 0.3 is 0 Å². The van der Waals surface area contributed by atoms with Crippen LogP contribution in [0.15, 0.2) is 30.3 Å². The van der Waals surface area contributed by atoms with E-state index in [4.69, 9.17) is 15.2 Å². The minimum absolute atomic E-state index is 0.130. The third-order valence-corrected chi connectivity index (χ3v) is 4.29. The van der Waals surface area contributed by atoms with Gasteiger partial charge in [0.1, 0.15) is 6.10 Å². The van der Waals surface area contributed by atoms with Crippen LogP contribution in [0.5, 0.6) is 11.5 Å². The summed E-state index contributed by atoms with van der Waals surface area (Å²) in [4.78, 5) is 2.40. The quantitative estimate of drug-likeness (QED) is 0.882. The lowest BCUT2D eigenvalue weighted by Gasteiger charge is -2.18. The molecular weight excluding hydrogens is 270 g/mol. The zero-order chi connectivity index (χ0) is 14.5. The van der Waals surface area contributed by atoms with Crippen molar-refractivity contribution in [2.45, 2.75) is 26.4 Å². The number of aryl methyl sites for hydroxylation is 2. The maximum atomic E-state index is 6.04. The normalized spacial score (nSPS) is 12.2. The van der Waals surface area contributed by atoms with E-state index in [0.29, 0.717) is 6.54 Å². The number of benzene rings is 1. The lowest BCUT2D eigenvalue weighted by atomic mass is 10.1. The van der Waals surface area contributed by atoms with Crippen LogP contribution in [0.3, 0.4) is 0 Å². The highest BCUT2D eigenvalue weighted by molar-refractivity contribution is 7.12. The SMILES string of the molecule is CCc1ccc(OC(CN)c2ccc(C)s2)c(OC)c1. The van der Waals surface area contributed by atoms with Crippen LogP contribution in [0.2, 0.25) is 0 Å². The first-order valence-corrected chi connectivity index (χ1v) is 7.59. The molecule has 2 N–H and O–H groups in total. The molecule has 0 aliphatic rings. The van der Waals surface area contributed by atoms with E-state index in [-0.39, 0.29) is 6.10 Å². The summed E-state index contributed by atoms with van der Waals surface area (Å²) in [6, 6.07) is 10.2. The molecule has 1 unspecified atom stereocenters. The standard InChI is InChI=1S/C16H21NO2S/c1-4-12-6-7-13(14(9-12)18-3)19-15(10-17)16-8-5-11(2)20-16/h5-9,15H,4,10,17H2,1-3H3. The van der Waals surface area contributed by atoms with Gasteiger partial charge in [-0.3, -0.25) is 0 Å². The molecular formula is C16H21NO2S. The van der Waals surface area contributed by atoms with Crippen LogP contribution in [-0.2, 0) is 6.42 Å². The van der Waals surface area contributed by atoms with Crippen molar-refractivity contribution in [1.29, 1.82) is 0 Å². The number of thiophene rings is 1. The summed E-state index contributed by atoms with van der Waals surface area (Å²) in [7, 11) is 1.66. The Kier molecular flexibility index (Phi) is 5.04. The van der Waals surface area contributed by atoms with Crippen molar-refractivity contribution in [2.75, 3.05) is 13.7 Å². The van der Waals surface area contributed by atoms with E-state index >= 15 is 0 Å². The van der Waals surface area contributed by atoms with Crippen molar-refractivity contribution < 1.29 is 9.47 Å². The number of hydrogen-bond donors (Lipinski definition) is 1. The second-order valence-electron chi connectivity index (χ2n) is 4.63. The molecule has 3 nitrogen and oxygen atoms in total. The molecule has 1 atom stereocenters. The number of hydrogen-bond acceptors (Lipinski definition) is 4. The second kappa shape index (κ2) is 6.77. The molecule has 20 heavy (non-hydrogen) atoms. The Morgan fingerprint density at radius 1 is 1.20 bits per heavy atom. The van der Waals surface area contributed by atoms with Gasteiger partial charge in [-0.05, 0) is 43.2 Å². The summed E-state index contributed by atoms with van der Waals surface area (Å²) in [6.45, 7) is 4.64. The van der Waals surface area contributed by atoms with Crippen LogP contribution in [0, 0.1) is 6.92 Å². The van der Waals surface area contributed by atoms with Crippen molar-refractivity contribution in [1.82, 2.24) is 0 Å². The maximum Gasteiger partial charge on any atom is 0.162 e. The van der Waals surface area contributed by atoms with E-state index in [2.05, 4.69) is 32.0 Å². The molecule has 0 saturated heterocycles. The summed E-state index contributed by atoms with van der Waals surface area (Å²) >= 11 is 1.71. The molecule has 108 valence electrons. The fraction of sp³-hybridized carbons (Fsp3) is 0.375. The molecule has 0 bridgehead atoms. The fourth-order valence-corrected chi connectivity index (χ4v) is 2.95. The van der Waals surface area contributed by atoms with E-state index in [1.54, 1.807) is 18.4 Å². The average Bonchev–Trinajstić information content (AvgIpc) is 2.91. The van der Waals surface area contributed by atoms with Crippen molar-refractivity contribution in [3.8, 4) is 11.5 Å². The number of methoxy groups -OCH3 is 1. The molecule has 0 aliphatic heterocycles. The number of ether oxygens (including phenoxy) is 2. The summed E-state index contributed by atoms with van der Waals surface area (Å²) < 4.78 is 11.5. The van der Waals surface area contributed by atoms with Gasteiger partial charge in [-0.25, -0.2) is 0 Å². The predicted molar refractivity (Wildman–Crippen MR) is 83.9 cm³/mol. The second-order valence-corrected chi connectivity index (χ2v) is 5.95. The van der Waals surface area contributed by atoms with Gasteiger partial charge in [-0.2, -0.15) is 0 Å². The topological polar surface area (TPSA) is 44.5 Å². The zero-order valence-electron chi connectivity index (χ0n) is 12.2. The summed E-state index contributed by atoms with van der Waals surface area (Å²) in [5.74, 6) is 1.50. The highest BCUT2D eigenvalue weighted by Gasteiger charge is 2.16. The van der Waals surface area contributed by atoms with Gasteiger partial charge in [0, 0.05) is 16.3 Å². The first-order chi connectivity index (χ1) is 9.67. The van der Waals surface area contributed by atoms with Gasteiger partial charge in [0.2, 0.25) is 0 Å². The van der Waals surface area contributed by atoms with E-state index in [9.17, 15) is 0 Å². The van der Waals surface area contributed by atoms with Crippen LogP contribution >= 0.6 is 11.3 Å². The average molecular weight is 291 g/mol. The monoisotopic (exact) mass is 291 g/mol. The van der Waals surface area contributed by atoms with E-state index in [1.165, 1.54) is 10.4 Å². The Morgan fingerprint density at radius 2 is 2.00 bits per heavy atom. The maximum absolute atomic E-state index is 6.04. The van der Waals surface area contributed by atoms with Gasteiger partial charge in [0.15, 0.2) is 11.5 Å². The van der Waals surface area contributed by atoms with Crippen molar-refractivity contribution in [3.05, 3.63) is 45.6 Å². The van der Waals surface area contributed by atoms with Gasteiger partial charge in [0.05, 0.1) is 7.11 Å². The van der Waals surface area contributed by atoms with Crippen LogP contribution < -0.4 is 15.2 Å². The fourth-order valence-electron chi connectivity index (χ4n) is 2.03. The zero-order valence-corrected chi connectivity index (χ0v) is 13.0. The van der Waals surface area contributed by atoms with Crippen molar-refractivity contribution in [2.24, 2.45) is 5.73 Å². The highest BCUT2D eigenvalue weighted by atomic mass is 32.1. The molecule has 0 spiro atoms. The molecule has 4 heteroatoms. The Labute approximate surface area is 124 Å². The minimum Gasteiger partial charge on any atom is -0.493 e. The summed E-state index contributed by atoms with van der Waals surface area (Å²) in [5, 5.41) is 0. The van der Waals surface area contributed by atoms with Gasteiger partial charge in [-0.1, -0.05) is 13.0 Å². The molecule has 1 aromatic heterocycles. The molecule has 1 aromatic carbocycles. The van der Waals surface area contributed by atoms with Gasteiger partial charge in [0.25, 0.3) is 0 Å². The van der Waals surface area contributed by atoms with Crippen LogP contribution in [-0.4, -0.2) is 13.7 Å². The molecule has 0 saturated carbocycles. The number of rotatable bonds is 6. The summed E-state index contributed by atoms with van der Waals surface area (Å²) in [6.07, 6.45) is 0.844.